The van der Waals surface area contributed by atoms with Crippen LogP contribution in [0.5, 0.6) is 5.75 Å². The molecule has 1 aliphatic heterocycles. The fraction of sp³-hybridized carbons (Fsp3) is 0.500. The van der Waals surface area contributed by atoms with Crippen molar-refractivity contribution >= 4 is 29.9 Å². The van der Waals surface area contributed by atoms with Crippen LogP contribution in [0.25, 0.3) is 0 Å². The van der Waals surface area contributed by atoms with E-state index in [0.717, 1.165) is 50.6 Å². The topological polar surface area (TPSA) is 36.9 Å². The zero-order chi connectivity index (χ0) is 15.6. The van der Waals surface area contributed by atoms with Gasteiger partial charge in [0.2, 0.25) is 0 Å². The fourth-order valence-electron chi connectivity index (χ4n) is 2.64. The normalized spacial score (nSPS) is 16.3. The van der Waals surface area contributed by atoms with Gasteiger partial charge in [-0.3, -0.25) is 4.99 Å². The van der Waals surface area contributed by atoms with Crippen molar-refractivity contribution < 1.29 is 4.74 Å². The lowest BCUT2D eigenvalue weighted by Gasteiger charge is -2.34. The van der Waals surface area contributed by atoms with Gasteiger partial charge in [0, 0.05) is 39.5 Å². The van der Waals surface area contributed by atoms with Crippen LogP contribution in [0.4, 0.5) is 0 Å². The predicted molar refractivity (Wildman–Crippen MR) is 108 cm³/mol. The Balaban J connectivity index is 0.00000264. The molecule has 1 heterocycles. The summed E-state index contributed by atoms with van der Waals surface area (Å²) in [5.41, 5.74) is 0. The lowest BCUT2D eigenvalue weighted by molar-refractivity contribution is 0.129. The zero-order valence-electron chi connectivity index (χ0n) is 14.1. The molecule has 5 heteroatoms. The monoisotopic (exact) mass is 429 g/mol. The Morgan fingerprint density at radius 2 is 2.00 bits per heavy atom. The molecular weight excluding hydrogens is 401 g/mol. The van der Waals surface area contributed by atoms with Gasteiger partial charge in [0.15, 0.2) is 5.96 Å². The molecule has 23 heavy (non-hydrogen) atoms. The Morgan fingerprint density at radius 3 is 2.61 bits per heavy atom. The minimum absolute atomic E-state index is 0. The van der Waals surface area contributed by atoms with E-state index in [4.69, 9.17) is 4.74 Å². The average molecular weight is 429 g/mol. The van der Waals surface area contributed by atoms with E-state index in [1.807, 2.05) is 44.3 Å². The number of benzene rings is 1. The van der Waals surface area contributed by atoms with E-state index >= 15 is 0 Å². The molecule has 2 rings (SSSR count). The number of guanidine groups is 1. The first-order valence-electron chi connectivity index (χ1n) is 8.12. The van der Waals surface area contributed by atoms with Crippen molar-refractivity contribution in [3.05, 3.63) is 42.5 Å². The summed E-state index contributed by atoms with van der Waals surface area (Å²) in [6.45, 7) is 4.95. The number of piperidine rings is 1. The number of para-hydroxylation sites is 1. The summed E-state index contributed by atoms with van der Waals surface area (Å²) in [5.74, 6) is 1.97. The van der Waals surface area contributed by atoms with Gasteiger partial charge in [-0.25, -0.2) is 0 Å². The molecule has 128 valence electrons. The molecule has 4 nitrogen and oxygen atoms in total. The number of hydrogen-bond acceptors (Lipinski definition) is 2. The van der Waals surface area contributed by atoms with Gasteiger partial charge in [-0.05, 0) is 25.5 Å². The zero-order valence-corrected chi connectivity index (χ0v) is 16.4. The number of nitrogens with zero attached hydrogens (tertiary/aromatic N) is 2. The SMILES string of the molecule is C/C=C/CCNC(=NC)N1CCC(Oc2ccccc2)CC1.I. The van der Waals surface area contributed by atoms with Crippen molar-refractivity contribution in [1.29, 1.82) is 0 Å². The third-order valence-electron chi connectivity index (χ3n) is 3.83. The number of ether oxygens (including phenoxy) is 1. The summed E-state index contributed by atoms with van der Waals surface area (Å²) in [6.07, 6.45) is 7.65. The molecule has 0 aromatic heterocycles. The minimum atomic E-state index is 0. The summed E-state index contributed by atoms with van der Waals surface area (Å²) < 4.78 is 6.03. The summed E-state index contributed by atoms with van der Waals surface area (Å²) in [7, 11) is 1.85. The molecule has 0 spiro atoms. The number of halogens is 1. The van der Waals surface area contributed by atoms with Crippen molar-refractivity contribution in [1.82, 2.24) is 10.2 Å². The minimum Gasteiger partial charge on any atom is -0.490 e. The molecular formula is C18H28IN3O. The highest BCUT2D eigenvalue weighted by Crippen LogP contribution is 2.18. The van der Waals surface area contributed by atoms with Gasteiger partial charge in [-0.15, -0.1) is 24.0 Å². The van der Waals surface area contributed by atoms with Gasteiger partial charge < -0.3 is 15.0 Å². The van der Waals surface area contributed by atoms with Crippen LogP contribution < -0.4 is 10.1 Å². The van der Waals surface area contributed by atoms with E-state index in [0.29, 0.717) is 6.10 Å². The van der Waals surface area contributed by atoms with Crippen LogP contribution in [0.15, 0.2) is 47.5 Å². The van der Waals surface area contributed by atoms with E-state index in [1.165, 1.54) is 0 Å². The standard InChI is InChI=1S/C18H27N3O.HI/c1-3-4-8-13-20-18(19-2)21-14-11-17(12-15-21)22-16-9-6-5-7-10-16;/h3-7,9-10,17H,8,11-15H2,1-2H3,(H,19,20);1H/b4-3+;. The molecule has 0 amide bonds. The predicted octanol–water partition coefficient (Wildman–Crippen LogP) is 3.69. The molecule has 1 aromatic rings. The highest BCUT2D eigenvalue weighted by atomic mass is 127. The number of allylic oxidation sites excluding steroid dienone is 1. The Morgan fingerprint density at radius 1 is 1.30 bits per heavy atom. The van der Waals surface area contributed by atoms with Crippen LogP contribution in [0.3, 0.4) is 0 Å². The Hall–Kier alpha value is -1.24. The van der Waals surface area contributed by atoms with E-state index in [2.05, 4.69) is 27.4 Å². The number of nitrogens with one attached hydrogen (secondary N) is 1. The van der Waals surface area contributed by atoms with Gasteiger partial charge in [-0.2, -0.15) is 0 Å². The van der Waals surface area contributed by atoms with Crippen LogP contribution in [-0.4, -0.2) is 43.6 Å². The van der Waals surface area contributed by atoms with Crippen LogP contribution in [0.2, 0.25) is 0 Å². The lowest BCUT2D eigenvalue weighted by atomic mass is 10.1. The largest absolute Gasteiger partial charge is 0.490 e. The van der Waals surface area contributed by atoms with Crippen LogP contribution in [0.1, 0.15) is 26.2 Å². The first-order chi connectivity index (χ1) is 10.8. The molecule has 1 saturated heterocycles. The lowest BCUT2D eigenvalue weighted by Crippen LogP contribution is -2.47. The second kappa shape index (κ2) is 11.3. The van der Waals surface area contributed by atoms with Crippen molar-refractivity contribution in [3.63, 3.8) is 0 Å². The third-order valence-corrected chi connectivity index (χ3v) is 3.83. The van der Waals surface area contributed by atoms with Gasteiger partial charge in [-0.1, -0.05) is 30.4 Å². The molecule has 0 atom stereocenters. The van der Waals surface area contributed by atoms with Crippen LogP contribution in [-0.2, 0) is 0 Å². The average Bonchev–Trinajstić information content (AvgIpc) is 2.57. The quantitative estimate of drug-likeness (QED) is 0.255. The van der Waals surface area contributed by atoms with E-state index < -0.39 is 0 Å². The summed E-state index contributed by atoms with van der Waals surface area (Å²) >= 11 is 0. The summed E-state index contributed by atoms with van der Waals surface area (Å²) in [5, 5.41) is 3.42. The van der Waals surface area contributed by atoms with Gasteiger partial charge >= 0.3 is 0 Å². The molecule has 0 bridgehead atoms. The smallest absolute Gasteiger partial charge is 0.193 e. The number of likely N-dealkylation sites (tertiary alicyclic amines) is 1. The van der Waals surface area contributed by atoms with Crippen LogP contribution in [0, 0.1) is 0 Å². The Labute approximate surface area is 157 Å². The third kappa shape index (κ3) is 6.81. The Kier molecular flexibility index (Phi) is 9.75. The maximum atomic E-state index is 6.03. The van der Waals surface area contributed by atoms with Crippen molar-refractivity contribution in [2.45, 2.75) is 32.3 Å². The molecule has 0 saturated carbocycles. The maximum absolute atomic E-state index is 6.03. The summed E-state index contributed by atoms with van der Waals surface area (Å²) in [4.78, 5) is 6.70. The first kappa shape index (κ1) is 19.8. The summed E-state index contributed by atoms with van der Waals surface area (Å²) in [6, 6.07) is 10.1. The van der Waals surface area contributed by atoms with E-state index in [1.54, 1.807) is 0 Å². The first-order valence-corrected chi connectivity index (χ1v) is 8.12. The second-order valence-corrected chi connectivity index (χ2v) is 5.45. The number of hydrogen-bond donors (Lipinski definition) is 1. The fourth-order valence-corrected chi connectivity index (χ4v) is 2.64. The molecule has 1 N–H and O–H groups in total. The van der Waals surface area contributed by atoms with E-state index in [9.17, 15) is 0 Å². The van der Waals surface area contributed by atoms with Crippen molar-refractivity contribution in [2.75, 3.05) is 26.7 Å². The van der Waals surface area contributed by atoms with Gasteiger partial charge in [0.25, 0.3) is 0 Å². The molecule has 1 fully saturated rings. The van der Waals surface area contributed by atoms with Gasteiger partial charge in [0.1, 0.15) is 11.9 Å². The Bertz CT molecular complexity index is 482. The molecule has 0 radical (unpaired) electrons. The highest BCUT2D eigenvalue weighted by Gasteiger charge is 2.22. The second-order valence-electron chi connectivity index (χ2n) is 5.45. The van der Waals surface area contributed by atoms with Crippen LogP contribution >= 0.6 is 24.0 Å². The number of rotatable bonds is 5. The molecule has 0 unspecified atom stereocenters. The van der Waals surface area contributed by atoms with Gasteiger partial charge in [0.05, 0.1) is 0 Å². The highest BCUT2D eigenvalue weighted by molar-refractivity contribution is 14.0. The maximum Gasteiger partial charge on any atom is 0.193 e. The van der Waals surface area contributed by atoms with Crippen molar-refractivity contribution in [2.24, 2.45) is 4.99 Å². The molecule has 1 aromatic carbocycles. The van der Waals surface area contributed by atoms with Crippen molar-refractivity contribution in [3.8, 4) is 5.75 Å². The number of aliphatic imine (C=N–C) groups is 1. The molecule has 0 aliphatic carbocycles. The molecule has 1 aliphatic rings. The van der Waals surface area contributed by atoms with E-state index in [-0.39, 0.29) is 24.0 Å².